The van der Waals surface area contributed by atoms with Gasteiger partial charge in [-0.3, -0.25) is 4.79 Å². The number of pyridine rings is 2. The van der Waals surface area contributed by atoms with Gasteiger partial charge in [0.25, 0.3) is 5.91 Å². The Hall–Kier alpha value is -8.10. The van der Waals surface area contributed by atoms with Gasteiger partial charge in [-0.1, -0.05) is 12.1 Å². The third-order valence-electron chi connectivity index (χ3n) is 11.3. The minimum Gasteiger partial charge on any atom is -0.496 e. The summed E-state index contributed by atoms with van der Waals surface area (Å²) in [5.74, 6) is 1.64. The molecule has 388 valence electrons. The molecular weight excluding hydrogens is 937 g/mol. The summed E-state index contributed by atoms with van der Waals surface area (Å²) in [6.07, 6.45) is 3.89. The van der Waals surface area contributed by atoms with Crippen LogP contribution in [0.15, 0.2) is 73.3 Å². The standard InChI is InChI=1S/C26H32N6O4.C16H21NO5.C10H13N5/c1-16(2)32-15-27-30-23(32)20-8-7-9-22(28-20)29-24(33)19-12-18-14-31(25(34)36-26(3,4)5)11-10-17(18)13-21(19)35-6;1-16(2,3)22-15(20)17-6-5-10-8-13(21-4)12(14(18)19)7-11(10)9-17;1-7(2)15-6-12-14-10(15)8-4-3-5-9(11)13-8/h7-9,12-13,15-16H,10-11,14H2,1-6H3,(H,28,29,33);7-8H,5-6,9H2,1-4H3,(H,18,19);3-7H,1-2H3,(H2,11,13). The lowest BCUT2D eigenvalue weighted by Gasteiger charge is -2.31. The number of nitrogens with zero attached hydrogens (tertiary/aromatic N) is 10. The summed E-state index contributed by atoms with van der Waals surface area (Å²) in [5.41, 5.74) is 10.0. The molecule has 6 heterocycles. The Morgan fingerprint density at radius 3 is 1.53 bits per heavy atom. The second-order valence-electron chi connectivity index (χ2n) is 19.9. The molecule has 8 rings (SSSR count). The van der Waals surface area contributed by atoms with Crippen molar-refractivity contribution in [3.05, 3.63) is 107 Å². The molecule has 21 nitrogen and oxygen atoms in total. The Morgan fingerprint density at radius 1 is 0.644 bits per heavy atom. The average molecular weight is 1000 g/mol. The first-order chi connectivity index (χ1) is 34.4. The van der Waals surface area contributed by atoms with Crippen LogP contribution in [-0.4, -0.2) is 117 Å². The van der Waals surface area contributed by atoms with Crippen molar-refractivity contribution in [2.24, 2.45) is 0 Å². The first-order valence-electron chi connectivity index (χ1n) is 23.8. The van der Waals surface area contributed by atoms with Crippen LogP contribution >= 0.6 is 0 Å². The number of hydrogen-bond donors (Lipinski definition) is 3. The molecule has 2 aliphatic heterocycles. The third kappa shape index (κ3) is 14.1. The van der Waals surface area contributed by atoms with E-state index in [-0.39, 0.29) is 29.7 Å². The number of benzene rings is 2. The summed E-state index contributed by atoms with van der Waals surface area (Å²) in [7, 11) is 2.98. The van der Waals surface area contributed by atoms with Gasteiger partial charge in [-0.2, -0.15) is 0 Å². The van der Waals surface area contributed by atoms with Crippen LogP contribution < -0.4 is 20.5 Å². The van der Waals surface area contributed by atoms with Crippen molar-refractivity contribution in [3.63, 3.8) is 0 Å². The van der Waals surface area contributed by atoms with E-state index in [1.165, 1.54) is 14.2 Å². The molecule has 0 saturated heterocycles. The number of fused-ring (bicyclic) bond motifs is 2. The summed E-state index contributed by atoms with van der Waals surface area (Å²) >= 11 is 0. The fourth-order valence-electron chi connectivity index (χ4n) is 7.82. The van der Waals surface area contributed by atoms with Gasteiger partial charge in [-0.15, -0.1) is 20.4 Å². The Balaban J connectivity index is 0.000000198. The first kappa shape index (κ1) is 54.2. The molecule has 0 bridgehead atoms. The minimum absolute atomic E-state index is 0.104. The van der Waals surface area contributed by atoms with Crippen molar-refractivity contribution in [3.8, 4) is 34.5 Å². The number of nitrogens with two attached hydrogens (primary N) is 1. The average Bonchev–Trinajstić information content (AvgIpc) is 4.04. The highest BCUT2D eigenvalue weighted by Gasteiger charge is 2.30. The minimum atomic E-state index is -1.05. The van der Waals surface area contributed by atoms with E-state index in [1.54, 1.807) is 58.9 Å². The van der Waals surface area contributed by atoms with Crippen LogP contribution in [0.1, 0.15) is 124 Å². The van der Waals surface area contributed by atoms with Crippen LogP contribution in [0.2, 0.25) is 0 Å². The number of rotatable bonds is 9. The lowest BCUT2D eigenvalue weighted by atomic mass is 9.96. The molecule has 0 atom stereocenters. The number of ether oxygens (including phenoxy) is 4. The van der Waals surface area contributed by atoms with Gasteiger partial charge in [-0.05, 0) is 153 Å². The summed E-state index contributed by atoms with van der Waals surface area (Å²) in [4.78, 5) is 61.3. The van der Waals surface area contributed by atoms with Gasteiger partial charge < -0.3 is 54.0 Å². The van der Waals surface area contributed by atoms with E-state index < -0.39 is 17.2 Å². The SMILES string of the molecule is CC(C)n1cnnc1-c1cccc(N)n1.COc1cc2c(cc1C(=O)Nc1cccc(-c3nncn3C(C)C)n1)CN(C(=O)OC(C)(C)C)CC2.COc1cc2c(cc1C(=O)O)CN(C(=O)OC(C)(C)C)CC2. The third-order valence-corrected chi connectivity index (χ3v) is 11.3. The number of nitrogens with one attached hydrogen (secondary N) is 1. The highest BCUT2D eigenvalue weighted by Crippen LogP contribution is 2.31. The Morgan fingerprint density at radius 2 is 1.10 bits per heavy atom. The molecule has 0 radical (unpaired) electrons. The van der Waals surface area contributed by atoms with Crippen LogP contribution in [-0.2, 0) is 35.4 Å². The number of aromatic carboxylic acids is 1. The molecule has 0 saturated carbocycles. The number of methoxy groups -OCH3 is 2. The van der Waals surface area contributed by atoms with Crippen molar-refractivity contribution in [2.75, 3.05) is 38.4 Å². The number of carboxylic acids is 1. The molecule has 0 spiro atoms. The van der Waals surface area contributed by atoms with E-state index in [4.69, 9.17) is 24.7 Å². The van der Waals surface area contributed by atoms with Gasteiger partial charge in [0.2, 0.25) is 0 Å². The topological polar surface area (TPSA) is 257 Å². The number of amides is 3. The molecule has 6 aromatic rings. The zero-order valence-corrected chi connectivity index (χ0v) is 43.6. The summed E-state index contributed by atoms with van der Waals surface area (Å²) in [6.45, 7) is 20.9. The lowest BCUT2D eigenvalue weighted by molar-refractivity contribution is 0.0213. The Kier molecular flexibility index (Phi) is 17.1. The molecule has 4 N–H and O–H groups in total. The molecule has 2 aliphatic rings. The van der Waals surface area contributed by atoms with Crippen LogP contribution in [0.4, 0.5) is 21.2 Å². The maximum absolute atomic E-state index is 13.3. The lowest BCUT2D eigenvalue weighted by Crippen LogP contribution is -2.40. The van der Waals surface area contributed by atoms with Crippen LogP contribution in [0, 0.1) is 0 Å². The molecule has 3 amide bonds. The van der Waals surface area contributed by atoms with E-state index in [0.717, 1.165) is 33.8 Å². The number of carbonyl (C=O) groups excluding carboxylic acids is 3. The van der Waals surface area contributed by atoms with Crippen LogP contribution in [0.5, 0.6) is 11.5 Å². The Bertz CT molecular complexity index is 2930. The number of aromatic nitrogens is 8. The van der Waals surface area contributed by atoms with Gasteiger partial charge in [0.15, 0.2) is 11.6 Å². The fraction of sp³-hybridized carbons (Fsp3) is 0.423. The molecule has 2 aromatic carbocycles. The van der Waals surface area contributed by atoms with E-state index in [1.807, 2.05) is 88.8 Å². The molecule has 21 heteroatoms. The van der Waals surface area contributed by atoms with Crippen LogP contribution in [0.3, 0.4) is 0 Å². The molecule has 0 fully saturated rings. The zero-order chi connectivity index (χ0) is 53.4. The number of anilines is 2. The number of carboxylic acid groups (broad SMARTS) is 1. The smallest absolute Gasteiger partial charge is 0.410 e. The van der Waals surface area contributed by atoms with Gasteiger partial charge in [0.05, 0.1) is 19.8 Å². The van der Waals surface area contributed by atoms with Gasteiger partial charge in [0.1, 0.15) is 63.9 Å². The second-order valence-corrected chi connectivity index (χ2v) is 19.9. The molecular formula is C52H66N12O9. The maximum Gasteiger partial charge on any atom is 0.410 e. The predicted octanol–water partition coefficient (Wildman–Crippen LogP) is 8.66. The summed E-state index contributed by atoms with van der Waals surface area (Å²) in [5, 5.41) is 28.2. The Labute approximate surface area is 425 Å². The van der Waals surface area contributed by atoms with E-state index in [2.05, 4.69) is 49.5 Å². The van der Waals surface area contributed by atoms with E-state index in [9.17, 15) is 24.3 Å². The molecule has 0 aliphatic carbocycles. The number of carbonyl (C=O) groups is 4. The molecule has 4 aromatic heterocycles. The van der Waals surface area contributed by atoms with Gasteiger partial charge in [0, 0.05) is 38.3 Å². The second kappa shape index (κ2) is 23.0. The van der Waals surface area contributed by atoms with E-state index in [0.29, 0.717) is 85.3 Å². The zero-order valence-electron chi connectivity index (χ0n) is 43.6. The van der Waals surface area contributed by atoms with E-state index >= 15 is 0 Å². The highest BCUT2D eigenvalue weighted by atomic mass is 16.6. The first-order valence-corrected chi connectivity index (χ1v) is 23.8. The molecule has 73 heavy (non-hydrogen) atoms. The normalized spacial score (nSPS) is 13.1. The summed E-state index contributed by atoms with van der Waals surface area (Å²) < 4.78 is 25.4. The maximum atomic E-state index is 13.3. The number of hydrogen-bond acceptors (Lipinski definition) is 15. The predicted molar refractivity (Wildman–Crippen MR) is 273 cm³/mol. The number of nitrogen functional groups attached to an aromatic ring is 1. The van der Waals surface area contributed by atoms with Crippen molar-refractivity contribution in [1.82, 2.24) is 49.3 Å². The van der Waals surface area contributed by atoms with Crippen molar-refractivity contribution in [1.29, 1.82) is 0 Å². The highest BCUT2D eigenvalue weighted by molar-refractivity contribution is 6.06. The summed E-state index contributed by atoms with van der Waals surface area (Å²) in [6, 6.07) is 18.3. The van der Waals surface area contributed by atoms with Gasteiger partial charge in [-0.25, -0.2) is 24.4 Å². The van der Waals surface area contributed by atoms with Crippen molar-refractivity contribution >= 4 is 35.7 Å². The largest absolute Gasteiger partial charge is 0.496 e. The fourth-order valence-corrected chi connectivity index (χ4v) is 7.82. The van der Waals surface area contributed by atoms with Crippen molar-refractivity contribution in [2.45, 2.75) is 118 Å². The van der Waals surface area contributed by atoms with Gasteiger partial charge >= 0.3 is 18.2 Å². The van der Waals surface area contributed by atoms with Crippen LogP contribution in [0.25, 0.3) is 23.0 Å². The molecule has 0 unspecified atom stereocenters. The monoisotopic (exact) mass is 1000 g/mol. The van der Waals surface area contributed by atoms with Crippen molar-refractivity contribution < 1.29 is 43.2 Å². The quantitative estimate of drug-likeness (QED) is 0.122.